The van der Waals surface area contributed by atoms with Gasteiger partial charge in [-0.25, -0.2) is 13.1 Å². The fourth-order valence-corrected chi connectivity index (χ4v) is 5.17. The predicted molar refractivity (Wildman–Crippen MR) is 120 cm³/mol. The zero-order chi connectivity index (χ0) is 18.1. The maximum atomic E-state index is 12.1. The first-order chi connectivity index (χ1) is 12.0. The molecule has 1 aliphatic heterocycles. The number of piperidine rings is 1. The molecule has 0 atom stereocenters. The van der Waals surface area contributed by atoms with E-state index in [9.17, 15) is 8.42 Å². The van der Waals surface area contributed by atoms with Gasteiger partial charge in [-0.1, -0.05) is 18.0 Å². The van der Waals surface area contributed by atoms with Crippen molar-refractivity contribution in [3.63, 3.8) is 0 Å². The SMILES string of the molecule is CN=C(NCCNS(=O)(=O)c1ccc(Cl)s1)NCCN1CCCCC1.I. The van der Waals surface area contributed by atoms with Crippen LogP contribution in [0.3, 0.4) is 0 Å². The van der Waals surface area contributed by atoms with Crippen LogP contribution in [0.15, 0.2) is 21.3 Å². The van der Waals surface area contributed by atoms with Crippen molar-refractivity contribution >= 4 is 62.9 Å². The lowest BCUT2D eigenvalue weighted by Crippen LogP contribution is -2.44. The molecule has 0 aliphatic carbocycles. The lowest BCUT2D eigenvalue weighted by Gasteiger charge is -2.26. The number of thiophene rings is 1. The van der Waals surface area contributed by atoms with E-state index in [0.717, 1.165) is 24.4 Å². The van der Waals surface area contributed by atoms with Crippen molar-refractivity contribution < 1.29 is 8.42 Å². The molecule has 2 heterocycles. The van der Waals surface area contributed by atoms with E-state index in [2.05, 4.69) is 25.2 Å². The van der Waals surface area contributed by atoms with Crippen molar-refractivity contribution in [3.05, 3.63) is 16.5 Å². The van der Waals surface area contributed by atoms with E-state index in [-0.39, 0.29) is 34.7 Å². The van der Waals surface area contributed by atoms with Crippen molar-refractivity contribution in [2.24, 2.45) is 4.99 Å². The molecular formula is C15H27ClIN5O2S2. The lowest BCUT2D eigenvalue weighted by atomic mass is 10.1. The topological polar surface area (TPSA) is 85.8 Å². The number of sulfonamides is 1. The highest BCUT2D eigenvalue weighted by Gasteiger charge is 2.15. The van der Waals surface area contributed by atoms with E-state index < -0.39 is 10.0 Å². The van der Waals surface area contributed by atoms with Crippen LogP contribution in [0.4, 0.5) is 0 Å². The Labute approximate surface area is 182 Å². The molecule has 0 aromatic carbocycles. The molecule has 7 nitrogen and oxygen atoms in total. The Hall–Kier alpha value is -0.140. The van der Waals surface area contributed by atoms with Gasteiger partial charge in [-0.3, -0.25) is 4.99 Å². The Morgan fingerprint density at radius 3 is 2.50 bits per heavy atom. The summed E-state index contributed by atoms with van der Waals surface area (Å²) >= 11 is 6.82. The number of likely N-dealkylation sites (tertiary alicyclic amines) is 1. The van der Waals surface area contributed by atoms with Crippen LogP contribution in [0.25, 0.3) is 0 Å². The molecule has 1 aromatic heterocycles. The van der Waals surface area contributed by atoms with Crippen LogP contribution in [0.1, 0.15) is 19.3 Å². The second kappa shape index (κ2) is 12.3. The first-order valence-electron chi connectivity index (χ1n) is 8.43. The summed E-state index contributed by atoms with van der Waals surface area (Å²) in [5.41, 5.74) is 0. The number of nitrogens with one attached hydrogen (secondary N) is 3. The summed E-state index contributed by atoms with van der Waals surface area (Å²) < 4.78 is 27.4. The third-order valence-corrected chi connectivity index (χ3v) is 7.10. The Morgan fingerprint density at radius 2 is 1.88 bits per heavy atom. The fraction of sp³-hybridized carbons (Fsp3) is 0.667. The predicted octanol–water partition coefficient (Wildman–Crippen LogP) is 1.95. The summed E-state index contributed by atoms with van der Waals surface area (Å²) in [6, 6.07) is 3.08. The average molecular weight is 536 g/mol. The normalized spacial score (nSPS) is 16.2. The van der Waals surface area contributed by atoms with Gasteiger partial charge in [0.25, 0.3) is 0 Å². The van der Waals surface area contributed by atoms with Crippen LogP contribution < -0.4 is 15.4 Å². The highest BCUT2D eigenvalue weighted by atomic mass is 127. The summed E-state index contributed by atoms with van der Waals surface area (Å²) in [6.45, 7) is 4.86. The summed E-state index contributed by atoms with van der Waals surface area (Å²) in [4.78, 5) is 6.60. The van der Waals surface area contributed by atoms with Gasteiger partial charge in [0.15, 0.2) is 5.96 Å². The molecule has 3 N–H and O–H groups in total. The van der Waals surface area contributed by atoms with Gasteiger partial charge in [-0.2, -0.15) is 0 Å². The van der Waals surface area contributed by atoms with Gasteiger partial charge in [0.1, 0.15) is 4.21 Å². The fourth-order valence-electron chi connectivity index (χ4n) is 2.62. The minimum atomic E-state index is -3.50. The summed E-state index contributed by atoms with van der Waals surface area (Å²) in [7, 11) is -1.80. The minimum Gasteiger partial charge on any atom is -0.355 e. The zero-order valence-electron chi connectivity index (χ0n) is 14.8. The summed E-state index contributed by atoms with van der Waals surface area (Å²) in [5.74, 6) is 0.676. The molecular weight excluding hydrogens is 509 g/mol. The third kappa shape index (κ3) is 8.26. The van der Waals surface area contributed by atoms with E-state index in [1.54, 1.807) is 13.1 Å². The van der Waals surface area contributed by atoms with Crippen LogP contribution >= 0.6 is 46.9 Å². The number of rotatable bonds is 8. The molecule has 11 heteroatoms. The van der Waals surface area contributed by atoms with Gasteiger partial charge in [0.2, 0.25) is 10.0 Å². The molecule has 1 aliphatic rings. The van der Waals surface area contributed by atoms with Crippen LogP contribution in [-0.4, -0.2) is 65.6 Å². The van der Waals surface area contributed by atoms with Crippen molar-refractivity contribution in [2.75, 3.05) is 46.3 Å². The highest BCUT2D eigenvalue weighted by molar-refractivity contribution is 14.0. The van der Waals surface area contributed by atoms with Crippen LogP contribution in [-0.2, 0) is 10.0 Å². The number of guanidine groups is 1. The largest absolute Gasteiger partial charge is 0.355 e. The third-order valence-electron chi connectivity index (χ3n) is 3.92. The second-order valence-electron chi connectivity index (χ2n) is 5.78. The highest BCUT2D eigenvalue weighted by Crippen LogP contribution is 2.25. The van der Waals surface area contributed by atoms with E-state index in [0.29, 0.717) is 16.8 Å². The number of hydrogen-bond acceptors (Lipinski definition) is 5. The molecule has 0 bridgehead atoms. The molecule has 1 saturated heterocycles. The van der Waals surface area contributed by atoms with E-state index in [1.807, 2.05) is 0 Å². The second-order valence-corrected chi connectivity index (χ2v) is 9.49. The minimum absolute atomic E-state index is 0. The Morgan fingerprint density at radius 1 is 1.19 bits per heavy atom. The molecule has 150 valence electrons. The molecule has 0 amide bonds. The smallest absolute Gasteiger partial charge is 0.250 e. The molecule has 2 rings (SSSR count). The standard InChI is InChI=1S/C15H26ClN5O2S2.HI/c1-17-15(19-9-12-21-10-3-2-4-11-21)18-7-8-20-25(22,23)14-6-5-13(16)24-14;/h5-6,20H,2-4,7-12H2,1H3,(H2,17,18,19);1H. The molecule has 26 heavy (non-hydrogen) atoms. The number of nitrogens with zero attached hydrogens (tertiary/aromatic N) is 2. The number of aliphatic imine (C=N–C) groups is 1. The molecule has 0 radical (unpaired) electrons. The monoisotopic (exact) mass is 535 g/mol. The number of halogens is 2. The Kier molecular flexibility index (Phi) is 11.3. The van der Waals surface area contributed by atoms with Gasteiger partial charge in [0.05, 0.1) is 4.34 Å². The lowest BCUT2D eigenvalue weighted by molar-refractivity contribution is 0.232. The summed E-state index contributed by atoms with van der Waals surface area (Å²) in [6.07, 6.45) is 3.89. The van der Waals surface area contributed by atoms with Gasteiger partial charge >= 0.3 is 0 Å². The van der Waals surface area contributed by atoms with Crippen molar-refractivity contribution in [1.29, 1.82) is 0 Å². The van der Waals surface area contributed by atoms with E-state index in [4.69, 9.17) is 11.6 Å². The molecule has 0 unspecified atom stereocenters. The Balaban J connectivity index is 0.00000338. The molecule has 0 saturated carbocycles. The quantitative estimate of drug-likeness (QED) is 0.205. The van der Waals surface area contributed by atoms with Crippen molar-refractivity contribution in [1.82, 2.24) is 20.3 Å². The molecule has 1 fully saturated rings. The zero-order valence-corrected chi connectivity index (χ0v) is 19.6. The average Bonchev–Trinajstić information content (AvgIpc) is 3.05. The maximum Gasteiger partial charge on any atom is 0.250 e. The van der Waals surface area contributed by atoms with Gasteiger partial charge < -0.3 is 15.5 Å². The van der Waals surface area contributed by atoms with Crippen molar-refractivity contribution in [3.8, 4) is 0 Å². The van der Waals surface area contributed by atoms with E-state index in [1.165, 1.54) is 38.4 Å². The van der Waals surface area contributed by atoms with E-state index >= 15 is 0 Å². The summed E-state index contributed by atoms with van der Waals surface area (Å²) in [5, 5.41) is 6.36. The van der Waals surface area contributed by atoms with Gasteiger partial charge in [-0.15, -0.1) is 35.3 Å². The van der Waals surface area contributed by atoms with Crippen molar-refractivity contribution in [2.45, 2.75) is 23.5 Å². The van der Waals surface area contributed by atoms with Gasteiger partial charge in [-0.05, 0) is 38.1 Å². The number of hydrogen-bond donors (Lipinski definition) is 3. The maximum absolute atomic E-state index is 12.1. The first kappa shape index (κ1) is 23.9. The molecule has 1 aromatic rings. The van der Waals surface area contributed by atoms with Gasteiger partial charge in [0, 0.05) is 33.2 Å². The van der Waals surface area contributed by atoms with Crippen LogP contribution in [0, 0.1) is 0 Å². The molecule has 0 spiro atoms. The van der Waals surface area contributed by atoms with Crippen LogP contribution in [0.2, 0.25) is 4.34 Å². The van der Waals surface area contributed by atoms with Crippen LogP contribution in [0.5, 0.6) is 0 Å². The Bertz CT molecular complexity index is 663. The first-order valence-corrected chi connectivity index (χ1v) is 11.1.